The molecule has 3 rings (SSSR count). The fraction of sp³-hybridized carbons (Fsp3) is 0.750. The van der Waals surface area contributed by atoms with Crippen molar-refractivity contribution in [1.29, 1.82) is 0 Å². The summed E-state index contributed by atoms with van der Waals surface area (Å²) in [5.41, 5.74) is 0. The van der Waals surface area contributed by atoms with Crippen molar-refractivity contribution in [3.63, 3.8) is 0 Å². The Bertz CT molecular complexity index is 494. The molecule has 0 radical (unpaired) electrons. The van der Waals surface area contributed by atoms with Crippen molar-refractivity contribution < 1.29 is 4.79 Å². The van der Waals surface area contributed by atoms with Crippen LogP contribution in [0.25, 0.3) is 0 Å². The summed E-state index contributed by atoms with van der Waals surface area (Å²) in [6.07, 6.45) is 8.20. The quantitative estimate of drug-likeness (QED) is 0.895. The molecule has 2 atom stereocenters. The topological polar surface area (TPSA) is 50.2 Å². The summed E-state index contributed by atoms with van der Waals surface area (Å²) >= 11 is 0. The number of piperidine rings is 1. The second-order valence-corrected chi connectivity index (χ2v) is 6.46. The number of carbonyl (C=O) groups excluding carboxylic acids is 1. The number of aryl methyl sites for hydroxylation is 1. The first kappa shape index (κ1) is 14.6. The Labute approximate surface area is 126 Å². The van der Waals surface area contributed by atoms with E-state index in [1.807, 2.05) is 19.4 Å². The molecular weight excluding hydrogens is 264 g/mol. The molecule has 2 aliphatic rings. The molecule has 2 heterocycles. The minimum Gasteiger partial charge on any atom is -0.342 e. The van der Waals surface area contributed by atoms with E-state index in [1.54, 1.807) is 0 Å². The molecule has 116 valence electrons. The Balaban J connectivity index is 1.54. The van der Waals surface area contributed by atoms with Crippen molar-refractivity contribution in [2.24, 2.45) is 18.9 Å². The maximum Gasteiger partial charge on any atom is 0.225 e. The average Bonchev–Trinajstić information content (AvgIpc) is 3.27. The lowest BCUT2D eigenvalue weighted by molar-refractivity contribution is -0.134. The van der Waals surface area contributed by atoms with Crippen LogP contribution in [0.5, 0.6) is 0 Å². The SMILES string of the molecule is CCC1CN(C(=O)C2CC2)CCC1NCc1nccn1C. The van der Waals surface area contributed by atoms with Crippen LogP contribution in [0.15, 0.2) is 12.4 Å². The van der Waals surface area contributed by atoms with Crippen molar-refractivity contribution in [3.8, 4) is 0 Å². The molecule has 1 saturated heterocycles. The summed E-state index contributed by atoms with van der Waals surface area (Å²) in [6, 6.07) is 0.495. The first-order valence-electron chi connectivity index (χ1n) is 8.17. The van der Waals surface area contributed by atoms with Crippen LogP contribution in [-0.4, -0.2) is 39.5 Å². The maximum atomic E-state index is 12.2. The Kier molecular flexibility index (Phi) is 4.29. The van der Waals surface area contributed by atoms with Crippen LogP contribution in [0.2, 0.25) is 0 Å². The number of nitrogens with zero attached hydrogens (tertiary/aromatic N) is 3. The van der Waals surface area contributed by atoms with Gasteiger partial charge in [0.1, 0.15) is 5.82 Å². The third-order valence-electron chi connectivity index (χ3n) is 4.94. The van der Waals surface area contributed by atoms with E-state index in [-0.39, 0.29) is 0 Å². The van der Waals surface area contributed by atoms with E-state index >= 15 is 0 Å². The zero-order valence-corrected chi connectivity index (χ0v) is 13.1. The van der Waals surface area contributed by atoms with Gasteiger partial charge in [-0.2, -0.15) is 0 Å². The molecule has 0 spiro atoms. The average molecular weight is 290 g/mol. The van der Waals surface area contributed by atoms with E-state index in [0.29, 0.717) is 23.8 Å². The summed E-state index contributed by atoms with van der Waals surface area (Å²) in [5, 5.41) is 3.65. The highest BCUT2D eigenvalue weighted by Gasteiger charge is 2.37. The number of aromatic nitrogens is 2. The lowest BCUT2D eigenvalue weighted by Gasteiger charge is -2.39. The predicted molar refractivity (Wildman–Crippen MR) is 81.5 cm³/mol. The van der Waals surface area contributed by atoms with Crippen LogP contribution < -0.4 is 5.32 Å². The highest BCUT2D eigenvalue weighted by Crippen LogP contribution is 2.33. The molecule has 1 aromatic heterocycles. The van der Waals surface area contributed by atoms with Crippen LogP contribution in [-0.2, 0) is 18.4 Å². The van der Waals surface area contributed by atoms with Gasteiger partial charge in [0.15, 0.2) is 0 Å². The van der Waals surface area contributed by atoms with Crippen LogP contribution in [0.4, 0.5) is 0 Å². The third kappa shape index (κ3) is 3.28. The van der Waals surface area contributed by atoms with E-state index in [9.17, 15) is 4.79 Å². The number of amides is 1. The summed E-state index contributed by atoms with van der Waals surface area (Å²) in [6.45, 7) is 4.86. The smallest absolute Gasteiger partial charge is 0.225 e. The van der Waals surface area contributed by atoms with Gasteiger partial charge in [-0.25, -0.2) is 4.98 Å². The predicted octanol–water partition coefficient (Wildman–Crippen LogP) is 1.55. The summed E-state index contributed by atoms with van der Waals surface area (Å²) < 4.78 is 2.06. The van der Waals surface area contributed by atoms with Crippen LogP contribution in [0.1, 0.15) is 38.4 Å². The summed E-state index contributed by atoms with van der Waals surface area (Å²) in [5.74, 6) is 2.37. The largest absolute Gasteiger partial charge is 0.342 e. The van der Waals surface area contributed by atoms with Crippen molar-refractivity contribution >= 4 is 5.91 Å². The Morgan fingerprint density at radius 1 is 1.43 bits per heavy atom. The van der Waals surface area contributed by atoms with Gasteiger partial charge in [0.25, 0.3) is 0 Å². The first-order valence-corrected chi connectivity index (χ1v) is 8.17. The number of nitrogens with one attached hydrogen (secondary N) is 1. The zero-order valence-electron chi connectivity index (χ0n) is 13.1. The van der Waals surface area contributed by atoms with Crippen LogP contribution in [0.3, 0.4) is 0 Å². The normalized spacial score (nSPS) is 26.1. The standard InChI is InChI=1S/C16H26N4O/c1-3-12-11-20(16(21)13-4-5-13)8-6-14(12)18-10-15-17-7-9-19(15)2/h7,9,12-14,18H,3-6,8,10-11H2,1-2H3. The molecule has 0 aromatic carbocycles. The Hall–Kier alpha value is -1.36. The highest BCUT2D eigenvalue weighted by atomic mass is 16.2. The number of rotatable bonds is 5. The minimum absolute atomic E-state index is 0.347. The van der Waals surface area contributed by atoms with Gasteiger partial charge in [-0.1, -0.05) is 13.3 Å². The van der Waals surface area contributed by atoms with Crippen molar-refractivity contribution in [3.05, 3.63) is 18.2 Å². The minimum atomic E-state index is 0.347. The van der Waals surface area contributed by atoms with Gasteiger partial charge in [0.2, 0.25) is 5.91 Å². The van der Waals surface area contributed by atoms with E-state index in [0.717, 1.165) is 51.1 Å². The van der Waals surface area contributed by atoms with Gasteiger partial charge in [-0.05, 0) is 25.2 Å². The first-order chi connectivity index (χ1) is 10.2. The molecule has 1 aromatic rings. The molecule has 1 aliphatic heterocycles. The van der Waals surface area contributed by atoms with Crippen molar-refractivity contribution in [2.75, 3.05) is 13.1 Å². The van der Waals surface area contributed by atoms with Gasteiger partial charge in [-0.15, -0.1) is 0 Å². The fourth-order valence-corrected chi connectivity index (χ4v) is 3.29. The number of carbonyl (C=O) groups is 1. The number of imidazole rings is 1. The van der Waals surface area contributed by atoms with Crippen LogP contribution in [0, 0.1) is 11.8 Å². The summed E-state index contributed by atoms with van der Waals surface area (Å²) in [7, 11) is 2.03. The maximum absolute atomic E-state index is 12.2. The third-order valence-corrected chi connectivity index (χ3v) is 4.94. The molecule has 1 N–H and O–H groups in total. The van der Waals surface area contributed by atoms with E-state index in [2.05, 4.69) is 26.7 Å². The molecule has 0 bridgehead atoms. The molecule has 2 fully saturated rings. The van der Waals surface area contributed by atoms with Crippen LogP contribution >= 0.6 is 0 Å². The van der Waals surface area contributed by atoms with Gasteiger partial charge in [-0.3, -0.25) is 4.79 Å². The zero-order chi connectivity index (χ0) is 14.8. The molecule has 1 aliphatic carbocycles. The monoisotopic (exact) mass is 290 g/mol. The van der Waals surface area contributed by atoms with Gasteiger partial charge >= 0.3 is 0 Å². The number of likely N-dealkylation sites (tertiary alicyclic amines) is 1. The molecule has 1 saturated carbocycles. The van der Waals surface area contributed by atoms with E-state index < -0.39 is 0 Å². The second kappa shape index (κ2) is 6.18. The van der Waals surface area contributed by atoms with Gasteiger partial charge in [0.05, 0.1) is 6.54 Å². The highest BCUT2D eigenvalue weighted by molar-refractivity contribution is 5.81. The lowest BCUT2D eigenvalue weighted by atomic mass is 9.89. The molecule has 21 heavy (non-hydrogen) atoms. The summed E-state index contributed by atoms with van der Waals surface area (Å²) in [4.78, 5) is 18.7. The fourth-order valence-electron chi connectivity index (χ4n) is 3.29. The van der Waals surface area contributed by atoms with Crippen molar-refractivity contribution in [1.82, 2.24) is 19.8 Å². The van der Waals surface area contributed by atoms with E-state index in [4.69, 9.17) is 0 Å². The molecular formula is C16H26N4O. The van der Waals surface area contributed by atoms with Crippen molar-refractivity contribution in [2.45, 2.75) is 45.2 Å². The molecule has 5 nitrogen and oxygen atoms in total. The van der Waals surface area contributed by atoms with Gasteiger partial charge < -0.3 is 14.8 Å². The Morgan fingerprint density at radius 3 is 2.86 bits per heavy atom. The molecule has 5 heteroatoms. The van der Waals surface area contributed by atoms with Gasteiger partial charge in [0, 0.05) is 44.5 Å². The number of hydrogen-bond acceptors (Lipinski definition) is 3. The Morgan fingerprint density at radius 2 is 2.24 bits per heavy atom. The number of hydrogen-bond donors (Lipinski definition) is 1. The van der Waals surface area contributed by atoms with E-state index in [1.165, 1.54) is 0 Å². The lowest BCUT2D eigenvalue weighted by Crippen LogP contribution is -2.51. The molecule has 1 amide bonds. The second-order valence-electron chi connectivity index (χ2n) is 6.46. The molecule has 2 unspecified atom stereocenters.